The van der Waals surface area contributed by atoms with Gasteiger partial charge in [0.05, 0.1) is 6.04 Å². The van der Waals surface area contributed by atoms with Crippen LogP contribution in [0, 0.1) is 0 Å². The lowest BCUT2D eigenvalue weighted by Crippen LogP contribution is -2.29. The minimum absolute atomic E-state index is 0.538. The molecule has 1 rings (SSSR count). The Morgan fingerprint density at radius 3 is 2.38 bits per heavy atom. The fourth-order valence-electron chi connectivity index (χ4n) is 0.989. The van der Waals surface area contributed by atoms with Crippen molar-refractivity contribution in [2.24, 2.45) is 4.99 Å². The van der Waals surface area contributed by atoms with Crippen LogP contribution in [0.25, 0.3) is 0 Å². The van der Waals surface area contributed by atoms with Crippen LogP contribution in [0.4, 0.5) is 0 Å². The van der Waals surface area contributed by atoms with Crippen LogP contribution in [0.3, 0.4) is 0 Å². The van der Waals surface area contributed by atoms with E-state index in [1.165, 1.54) is 12.8 Å². The Hall–Kier alpha value is -0.370. The Bertz CT molecular complexity index is 74.6. The van der Waals surface area contributed by atoms with Gasteiger partial charge in [0.2, 0.25) is 0 Å². The molecule has 1 N–H and O–H groups in total. The molecule has 1 aliphatic rings. The maximum absolute atomic E-state index is 3.96. The van der Waals surface area contributed by atoms with E-state index in [1.807, 2.05) is 0 Å². The summed E-state index contributed by atoms with van der Waals surface area (Å²) in [6.45, 7) is 5.74. The molecule has 0 aromatic heterocycles. The Kier molecular flexibility index (Phi) is 2.03. The largest absolute Gasteiger partial charge is 0.317 e. The highest BCUT2D eigenvalue weighted by Crippen LogP contribution is 2.04. The zero-order chi connectivity index (χ0) is 5.82. The molecule has 46 valence electrons. The molecule has 2 nitrogen and oxygen atoms in total. The normalized spacial score (nSPS) is 23.0. The van der Waals surface area contributed by atoms with E-state index < -0.39 is 0 Å². The fraction of sp³-hybridized carbons (Fsp3) is 0.833. The van der Waals surface area contributed by atoms with Crippen LogP contribution in [0.5, 0.6) is 0 Å². The fourth-order valence-corrected chi connectivity index (χ4v) is 0.989. The van der Waals surface area contributed by atoms with Gasteiger partial charge in [-0.1, -0.05) is 0 Å². The van der Waals surface area contributed by atoms with Gasteiger partial charge in [-0.15, -0.1) is 0 Å². The number of rotatable bonds is 1. The first-order chi connectivity index (χ1) is 3.93. The van der Waals surface area contributed by atoms with E-state index in [0.29, 0.717) is 6.04 Å². The number of hydrogen-bond acceptors (Lipinski definition) is 2. The summed E-state index contributed by atoms with van der Waals surface area (Å²) < 4.78 is 0. The molecule has 0 aromatic carbocycles. The van der Waals surface area contributed by atoms with Crippen LogP contribution in [-0.4, -0.2) is 25.8 Å². The van der Waals surface area contributed by atoms with Gasteiger partial charge in [-0.2, -0.15) is 0 Å². The molecule has 0 aromatic rings. The van der Waals surface area contributed by atoms with Crippen LogP contribution >= 0.6 is 0 Å². The summed E-state index contributed by atoms with van der Waals surface area (Å²) in [6, 6.07) is 0.538. The molecule has 1 fully saturated rings. The SMILES string of the molecule is C=NC1CCNCC1. The number of nitrogens with one attached hydrogen (secondary N) is 1. The van der Waals surface area contributed by atoms with Crippen LogP contribution in [-0.2, 0) is 0 Å². The van der Waals surface area contributed by atoms with Gasteiger partial charge in [0, 0.05) is 0 Å². The predicted octanol–water partition coefficient (Wildman–Crippen LogP) is 0.439. The summed E-state index contributed by atoms with van der Waals surface area (Å²) in [5.74, 6) is 0. The first-order valence-corrected chi connectivity index (χ1v) is 3.10. The third-order valence-electron chi connectivity index (χ3n) is 1.57. The molecule has 0 bridgehead atoms. The number of nitrogens with zero attached hydrogens (tertiary/aromatic N) is 1. The second-order valence-corrected chi connectivity index (χ2v) is 2.16. The number of piperidine rings is 1. The van der Waals surface area contributed by atoms with Gasteiger partial charge in [0.15, 0.2) is 0 Å². The van der Waals surface area contributed by atoms with Crippen molar-refractivity contribution >= 4 is 6.72 Å². The molecule has 1 heterocycles. The molecule has 1 aliphatic heterocycles. The molecule has 2 heteroatoms. The van der Waals surface area contributed by atoms with Crippen LogP contribution < -0.4 is 5.32 Å². The molecular formula is C6H12N2. The molecule has 0 amide bonds. The van der Waals surface area contributed by atoms with Crippen molar-refractivity contribution in [3.8, 4) is 0 Å². The van der Waals surface area contributed by atoms with Crippen LogP contribution in [0.2, 0.25) is 0 Å². The molecule has 0 unspecified atom stereocenters. The summed E-state index contributed by atoms with van der Waals surface area (Å²) in [6.07, 6.45) is 2.34. The van der Waals surface area contributed by atoms with Crippen molar-refractivity contribution in [3.05, 3.63) is 0 Å². The van der Waals surface area contributed by atoms with E-state index in [2.05, 4.69) is 17.0 Å². The number of aliphatic imine (C=N–C) groups is 1. The van der Waals surface area contributed by atoms with Gasteiger partial charge in [-0.3, -0.25) is 4.99 Å². The summed E-state index contributed by atoms with van der Waals surface area (Å²) in [4.78, 5) is 3.96. The Labute approximate surface area is 50.0 Å². The first kappa shape index (κ1) is 5.76. The van der Waals surface area contributed by atoms with Crippen LogP contribution in [0.15, 0.2) is 4.99 Å². The van der Waals surface area contributed by atoms with Crippen molar-refractivity contribution in [3.63, 3.8) is 0 Å². The second kappa shape index (κ2) is 2.82. The highest BCUT2D eigenvalue weighted by Gasteiger charge is 2.08. The van der Waals surface area contributed by atoms with E-state index in [9.17, 15) is 0 Å². The number of hydrogen-bond donors (Lipinski definition) is 1. The average molecular weight is 112 g/mol. The standard InChI is InChI=1S/C6H12N2/c1-7-6-2-4-8-5-3-6/h6,8H,1-5H2. The van der Waals surface area contributed by atoms with Gasteiger partial charge in [-0.25, -0.2) is 0 Å². The van der Waals surface area contributed by atoms with E-state index in [0.717, 1.165) is 13.1 Å². The minimum Gasteiger partial charge on any atom is -0.317 e. The maximum Gasteiger partial charge on any atom is 0.0516 e. The zero-order valence-electron chi connectivity index (χ0n) is 5.06. The lowest BCUT2D eigenvalue weighted by atomic mass is 10.1. The molecule has 0 spiro atoms. The monoisotopic (exact) mass is 112 g/mol. The van der Waals surface area contributed by atoms with Crippen LogP contribution in [0.1, 0.15) is 12.8 Å². The molecule has 1 saturated heterocycles. The predicted molar refractivity (Wildman–Crippen MR) is 35.4 cm³/mol. The van der Waals surface area contributed by atoms with Crippen molar-refractivity contribution < 1.29 is 0 Å². The van der Waals surface area contributed by atoms with E-state index in [1.54, 1.807) is 0 Å². The van der Waals surface area contributed by atoms with Gasteiger partial charge >= 0.3 is 0 Å². The van der Waals surface area contributed by atoms with Gasteiger partial charge < -0.3 is 5.32 Å². The van der Waals surface area contributed by atoms with Crippen molar-refractivity contribution in [1.29, 1.82) is 0 Å². The highest BCUT2D eigenvalue weighted by atomic mass is 14.9. The average Bonchev–Trinajstić information content (AvgIpc) is 1.90. The zero-order valence-corrected chi connectivity index (χ0v) is 5.06. The third kappa shape index (κ3) is 1.30. The smallest absolute Gasteiger partial charge is 0.0516 e. The lowest BCUT2D eigenvalue weighted by molar-refractivity contribution is 0.461. The Morgan fingerprint density at radius 1 is 1.38 bits per heavy atom. The van der Waals surface area contributed by atoms with E-state index in [4.69, 9.17) is 0 Å². The van der Waals surface area contributed by atoms with E-state index >= 15 is 0 Å². The summed E-state index contributed by atoms with van der Waals surface area (Å²) >= 11 is 0. The topological polar surface area (TPSA) is 24.4 Å². The lowest BCUT2D eigenvalue weighted by Gasteiger charge is -2.17. The maximum atomic E-state index is 3.96. The Morgan fingerprint density at radius 2 is 2.00 bits per heavy atom. The summed E-state index contributed by atoms with van der Waals surface area (Å²) in [5.41, 5.74) is 0. The van der Waals surface area contributed by atoms with Gasteiger partial charge in [0.1, 0.15) is 0 Å². The molecular weight excluding hydrogens is 100 g/mol. The van der Waals surface area contributed by atoms with Crippen molar-refractivity contribution in [2.75, 3.05) is 13.1 Å². The van der Waals surface area contributed by atoms with Crippen molar-refractivity contribution in [2.45, 2.75) is 18.9 Å². The minimum atomic E-state index is 0.538. The summed E-state index contributed by atoms with van der Waals surface area (Å²) in [7, 11) is 0. The quantitative estimate of drug-likeness (QED) is 0.489. The Balaban J connectivity index is 2.22. The summed E-state index contributed by atoms with van der Waals surface area (Å²) in [5, 5.41) is 3.26. The molecule has 0 saturated carbocycles. The highest BCUT2D eigenvalue weighted by molar-refractivity contribution is 5.24. The molecule has 0 radical (unpaired) electrons. The molecule has 0 aliphatic carbocycles. The third-order valence-corrected chi connectivity index (χ3v) is 1.57. The van der Waals surface area contributed by atoms with Gasteiger partial charge in [0.25, 0.3) is 0 Å². The second-order valence-electron chi connectivity index (χ2n) is 2.16. The molecule has 0 atom stereocenters. The van der Waals surface area contributed by atoms with E-state index in [-0.39, 0.29) is 0 Å². The van der Waals surface area contributed by atoms with Crippen molar-refractivity contribution in [1.82, 2.24) is 5.32 Å². The first-order valence-electron chi connectivity index (χ1n) is 3.10. The molecule has 8 heavy (non-hydrogen) atoms. The van der Waals surface area contributed by atoms with Gasteiger partial charge in [-0.05, 0) is 32.6 Å².